The molecule has 0 radical (unpaired) electrons. The summed E-state index contributed by atoms with van der Waals surface area (Å²) in [7, 11) is 0. The molecule has 0 aromatic heterocycles. The van der Waals surface area contributed by atoms with Crippen molar-refractivity contribution in [1.82, 2.24) is 5.32 Å². The predicted octanol–water partition coefficient (Wildman–Crippen LogP) is 3.33. The first-order valence-corrected chi connectivity index (χ1v) is 5.89. The molecule has 1 unspecified atom stereocenters. The number of hydrogen-bond acceptors (Lipinski definition) is 1. The molecule has 2 rings (SSSR count). The van der Waals surface area contributed by atoms with Gasteiger partial charge in [-0.15, -0.1) is 0 Å². The highest BCUT2D eigenvalue weighted by Gasteiger charge is 2.09. The van der Waals surface area contributed by atoms with Crippen LogP contribution < -0.4 is 5.32 Å². The van der Waals surface area contributed by atoms with Gasteiger partial charge in [-0.3, -0.25) is 0 Å². The summed E-state index contributed by atoms with van der Waals surface area (Å²) in [5.74, 6) is -0.151. The van der Waals surface area contributed by atoms with Gasteiger partial charge in [-0.05, 0) is 49.4 Å². The van der Waals surface area contributed by atoms with Crippen molar-refractivity contribution in [3.05, 3.63) is 47.3 Å². The van der Waals surface area contributed by atoms with Gasteiger partial charge in [0, 0.05) is 12.6 Å². The zero-order chi connectivity index (χ0) is 11.4. The van der Waals surface area contributed by atoms with E-state index in [1.54, 1.807) is 6.07 Å². The molecule has 0 bridgehead atoms. The van der Waals surface area contributed by atoms with Gasteiger partial charge in [0.1, 0.15) is 5.82 Å². The van der Waals surface area contributed by atoms with Gasteiger partial charge in [-0.2, -0.15) is 0 Å². The minimum absolute atomic E-state index is 0.151. The molecule has 1 atom stereocenters. The first-order valence-electron chi connectivity index (χ1n) is 5.89. The summed E-state index contributed by atoms with van der Waals surface area (Å²) < 4.78 is 12.9. The molecule has 16 heavy (non-hydrogen) atoms. The second kappa shape index (κ2) is 5.26. The molecule has 2 heteroatoms. The maximum atomic E-state index is 12.9. The van der Waals surface area contributed by atoms with E-state index in [4.69, 9.17) is 0 Å². The number of nitrogens with one attached hydrogen (secondary N) is 1. The zero-order valence-corrected chi connectivity index (χ0v) is 9.67. The van der Waals surface area contributed by atoms with Crippen LogP contribution >= 0.6 is 0 Å². The summed E-state index contributed by atoms with van der Waals surface area (Å²) in [6.45, 7) is 2.80. The van der Waals surface area contributed by atoms with Gasteiger partial charge in [0.2, 0.25) is 0 Å². The lowest BCUT2D eigenvalue weighted by molar-refractivity contribution is 0.473. The third-order valence-electron chi connectivity index (χ3n) is 3.15. The molecule has 0 spiro atoms. The number of halogens is 1. The SMILES string of the molecule is Cc1cc(F)ccc1CNC1CC=CCC1. The van der Waals surface area contributed by atoms with Crippen molar-refractivity contribution in [3.63, 3.8) is 0 Å². The molecule has 0 saturated carbocycles. The van der Waals surface area contributed by atoms with E-state index in [9.17, 15) is 4.39 Å². The smallest absolute Gasteiger partial charge is 0.123 e. The second-order valence-electron chi connectivity index (χ2n) is 4.43. The van der Waals surface area contributed by atoms with Gasteiger partial charge in [0.05, 0.1) is 0 Å². The van der Waals surface area contributed by atoms with E-state index in [-0.39, 0.29) is 5.82 Å². The Morgan fingerprint density at radius 1 is 1.38 bits per heavy atom. The third-order valence-corrected chi connectivity index (χ3v) is 3.15. The lowest BCUT2D eigenvalue weighted by Crippen LogP contribution is -2.29. The fourth-order valence-corrected chi connectivity index (χ4v) is 2.09. The Labute approximate surface area is 96.4 Å². The van der Waals surface area contributed by atoms with E-state index in [1.165, 1.54) is 24.5 Å². The lowest BCUT2D eigenvalue weighted by Gasteiger charge is -2.20. The van der Waals surface area contributed by atoms with E-state index in [1.807, 2.05) is 13.0 Å². The standard InChI is InChI=1S/C14H18FN/c1-11-9-13(15)8-7-12(11)10-16-14-5-3-2-4-6-14/h2-3,7-9,14,16H,4-6,10H2,1H3. The van der Waals surface area contributed by atoms with E-state index < -0.39 is 0 Å². The van der Waals surface area contributed by atoms with Crippen LogP contribution in [0.5, 0.6) is 0 Å². The monoisotopic (exact) mass is 219 g/mol. The van der Waals surface area contributed by atoms with Crippen molar-refractivity contribution in [2.75, 3.05) is 0 Å². The van der Waals surface area contributed by atoms with Gasteiger partial charge >= 0.3 is 0 Å². The van der Waals surface area contributed by atoms with Crippen LogP contribution in [0, 0.1) is 12.7 Å². The molecule has 1 N–H and O–H groups in total. The summed E-state index contributed by atoms with van der Waals surface area (Å²) in [6.07, 6.45) is 7.96. The summed E-state index contributed by atoms with van der Waals surface area (Å²) in [5.41, 5.74) is 2.22. The fraction of sp³-hybridized carbons (Fsp3) is 0.429. The van der Waals surface area contributed by atoms with E-state index >= 15 is 0 Å². The maximum Gasteiger partial charge on any atom is 0.123 e. The van der Waals surface area contributed by atoms with Crippen LogP contribution in [0.1, 0.15) is 30.4 Å². The number of benzene rings is 1. The molecule has 1 aromatic rings. The van der Waals surface area contributed by atoms with Gasteiger partial charge < -0.3 is 5.32 Å². The molecule has 1 aromatic carbocycles. The highest BCUT2D eigenvalue weighted by Crippen LogP contribution is 2.13. The first kappa shape index (κ1) is 11.3. The van der Waals surface area contributed by atoms with Crippen LogP contribution in [-0.2, 0) is 6.54 Å². The van der Waals surface area contributed by atoms with E-state index in [0.717, 1.165) is 18.5 Å². The number of rotatable bonds is 3. The lowest BCUT2D eigenvalue weighted by atomic mass is 10.0. The summed E-state index contributed by atoms with van der Waals surface area (Å²) in [4.78, 5) is 0. The number of hydrogen-bond donors (Lipinski definition) is 1. The highest BCUT2D eigenvalue weighted by molar-refractivity contribution is 5.26. The summed E-state index contributed by atoms with van der Waals surface area (Å²) in [6, 6.07) is 5.58. The van der Waals surface area contributed by atoms with Gasteiger partial charge in [0.15, 0.2) is 0 Å². The largest absolute Gasteiger partial charge is 0.310 e. The van der Waals surface area contributed by atoms with Gasteiger partial charge in [0.25, 0.3) is 0 Å². The van der Waals surface area contributed by atoms with Crippen molar-refractivity contribution in [3.8, 4) is 0 Å². The summed E-state index contributed by atoms with van der Waals surface area (Å²) in [5, 5.41) is 3.52. The van der Waals surface area contributed by atoms with Crippen molar-refractivity contribution in [2.24, 2.45) is 0 Å². The van der Waals surface area contributed by atoms with Crippen molar-refractivity contribution in [2.45, 2.75) is 38.8 Å². The van der Waals surface area contributed by atoms with Crippen molar-refractivity contribution >= 4 is 0 Å². The number of aryl methyl sites for hydroxylation is 1. The predicted molar refractivity (Wildman–Crippen MR) is 64.8 cm³/mol. The number of allylic oxidation sites excluding steroid dienone is 1. The van der Waals surface area contributed by atoms with Crippen molar-refractivity contribution < 1.29 is 4.39 Å². The molecule has 1 aliphatic carbocycles. The average Bonchev–Trinajstić information content (AvgIpc) is 2.29. The molecule has 0 saturated heterocycles. The van der Waals surface area contributed by atoms with Gasteiger partial charge in [-0.25, -0.2) is 4.39 Å². The van der Waals surface area contributed by atoms with Crippen LogP contribution in [-0.4, -0.2) is 6.04 Å². The van der Waals surface area contributed by atoms with Crippen LogP contribution in [0.15, 0.2) is 30.4 Å². The molecule has 0 amide bonds. The van der Waals surface area contributed by atoms with Crippen LogP contribution in [0.4, 0.5) is 4.39 Å². The Hall–Kier alpha value is -1.15. The maximum absolute atomic E-state index is 12.9. The molecular weight excluding hydrogens is 201 g/mol. The van der Waals surface area contributed by atoms with E-state index in [2.05, 4.69) is 17.5 Å². The Bertz CT molecular complexity index is 384. The molecule has 1 aliphatic rings. The summed E-state index contributed by atoms with van der Waals surface area (Å²) >= 11 is 0. The molecule has 0 fully saturated rings. The minimum atomic E-state index is -0.151. The Balaban J connectivity index is 1.91. The fourth-order valence-electron chi connectivity index (χ4n) is 2.09. The van der Waals surface area contributed by atoms with Crippen LogP contribution in [0.3, 0.4) is 0 Å². The first-order chi connectivity index (χ1) is 7.75. The third kappa shape index (κ3) is 2.92. The molecule has 1 nitrogen and oxygen atoms in total. The molecule has 0 aliphatic heterocycles. The van der Waals surface area contributed by atoms with Crippen LogP contribution in [0.2, 0.25) is 0 Å². The second-order valence-corrected chi connectivity index (χ2v) is 4.43. The Morgan fingerprint density at radius 2 is 2.25 bits per heavy atom. The Kier molecular flexibility index (Phi) is 3.73. The Morgan fingerprint density at radius 3 is 2.94 bits per heavy atom. The zero-order valence-electron chi connectivity index (χ0n) is 9.67. The average molecular weight is 219 g/mol. The highest BCUT2D eigenvalue weighted by atomic mass is 19.1. The topological polar surface area (TPSA) is 12.0 Å². The van der Waals surface area contributed by atoms with E-state index in [0.29, 0.717) is 6.04 Å². The van der Waals surface area contributed by atoms with Crippen LogP contribution in [0.25, 0.3) is 0 Å². The minimum Gasteiger partial charge on any atom is -0.310 e. The quantitative estimate of drug-likeness (QED) is 0.769. The molecule has 0 heterocycles. The molecule has 86 valence electrons. The van der Waals surface area contributed by atoms with Crippen molar-refractivity contribution in [1.29, 1.82) is 0 Å². The molecular formula is C14H18FN. The van der Waals surface area contributed by atoms with Gasteiger partial charge in [-0.1, -0.05) is 18.2 Å². The normalized spacial score (nSPS) is 20.0.